The highest BCUT2D eigenvalue weighted by atomic mass is 16.4. The van der Waals surface area contributed by atoms with Gasteiger partial charge in [0, 0.05) is 0 Å². The van der Waals surface area contributed by atoms with Crippen molar-refractivity contribution in [3.05, 3.63) is 11.6 Å². The van der Waals surface area contributed by atoms with E-state index in [4.69, 9.17) is 5.11 Å². The Morgan fingerprint density at radius 1 is 1.46 bits per heavy atom. The van der Waals surface area contributed by atoms with E-state index in [1.54, 1.807) is 13.0 Å². The molecule has 1 atom stereocenters. The highest BCUT2D eigenvalue weighted by Crippen LogP contribution is 2.64. The maximum absolute atomic E-state index is 11.0. The Morgan fingerprint density at radius 3 is 2.15 bits per heavy atom. The van der Waals surface area contributed by atoms with Crippen LogP contribution in [0.4, 0.5) is 0 Å². The van der Waals surface area contributed by atoms with Gasteiger partial charge < -0.3 is 5.11 Å². The first kappa shape index (κ1) is 9.96. The summed E-state index contributed by atoms with van der Waals surface area (Å²) in [5.74, 6) is -0.835. The Bertz CT molecular complexity index is 289. The molecule has 0 spiro atoms. The number of carbonyl (C=O) groups excluding carboxylic acids is 1. The van der Waals surface area contributed by atoms with Crippen molar-refractivity contribution in [1.29, 1.82) is 0 Å². The molecular formula is C10H14O3. The summed E-state index contributed by atoms with van der Waals surface area (Å²) in [5, 5.41) is 9.02. The summed E-state index contributed by atoms with van der Waals surface area (Å²) in [6.45, 7) is 5.43. The lowest BCUT2D eigenvalue weighted by Crippen LogP contribution is -2.18. The van der Waals surface area contributed by atoms with E-state index in [-0.39, 0.29) is 5.41 Å². The lowest BCUT2D eigenvalue weighted by Gasteiger charge is -2.10. The largest absolute Gasteiger partial charge is 0.481 e. The molecule has 72 valence electrons. The predicted molar refractivity (Wildman–Crippen MR) is 48.3 cm³/mol. The monoisotopic (exact) mass is 182 g/mol. The summed E-state index contributed by atoms with van der Waals surface area (Å²) >= 11 is 0. The van der Waals surface area contributed by atoms with E-state index in [9.17, 15) is 9.59 Å². The van der Waals surface area contributed by atoms with Gasteiger partial charge in [0.1, 0.15) is 6.29 Å². The average Bonchev–Trinajstić information content (AvgIpc) is 2.54. The van der Waals surface area contributed by atoms with Gasteiger partial charge in [-0.05, 0) is 24.3 Å². The van der Waals surface area contributed by atoms with Crippen LogP contribution in [0.15, 0.2) is 11.6 Å². The van der Waals surface area contributed by atoms with E-state index in [0.717, 1.165) is 0 Å². The molecule has 0 aromatic rings. The second-order valence-corrected chi connectivity index (χ2v) is 4.34. The van der Waals surface area contributed by atoms with E-state index < -0.39 is 11.4 Å². The number of carboxylic acid groups (broad SMARTS) is 1. The predicted octanol–water partition coefficient (Wildman–Crippen LogP) is 1.63. The summed E-state index contributed by atoms with van der Waals surface area (Å²) in [5.41, 5.74) is -0.533. The van der Waals surface area contributed by atoms with Crippen molar-refractivity contribution in [3.63, 3.8) is 0 Å². The van der Waals surface area contributed by atoms with Gasteiger partial charge in [0.2, 0.25) is 0 Å². The van der Waals surface area contributed by atoms with Crippen LogP contribution in [0.25, 0.3) is 0 Å². The molecular weight excluding hydrogens is 168 g/mol. The molecule has 0 heterocycles. The standard InChI is InChI=1S/C10H14O3/c1-7(5-11)4-10(8(12)13)6-9(10,2)3/h4-5H,6H2,1-3H3,(H,12,13). The van der Waals surface area contributed by atoms with Crippen molar-refractivity contribution in [1.82, 2.24) is 0 Å². The molecule has 0 radical (unpaired) electrons. The summed E-state index contributed by atoms with van der Waals surface area (Å²) in [6.07, 6.45) is 2.88. The molecule has 1 aliphatic rings. The first-order valence-corrected chi connectivity index (χ1v) is 4.24. The van der Waals surface area contributed by atoms with Gasteiger partial charge in [0.25, 0.3) is 0 Å². The SMILES string of the molecule is CC(C=O)=CC1(C(=O)O)CC1(C)C. The van der Waals surface area contributed by atoms with Crippen LogP contribution in [0.2, 0.25) is 0 Å². The normalized spacial score (nSPS) is 31.2. The molecule has 3 nitrogen and oxygen atoms in total. The fraction of sp³-hybridized carbons (Fsp3) is 0.600. The zero-order chi connectivity index (χ0) is 10.3. The molecule has 1 saturated carbocycles. The molecule has 1 fully saturated rings. The molecule has 1 aliphatic carbocycles. The van der Waals surface area contributed by atoms with Crippen LogP contribution >= 0.6 is 0 Å². The highest BCUT2D eigenvalue weighted by Gasteiger charge is 2.65. The minimum Gasteiger partial charge on any atom is -0.481 e. The third-order valence-corrected chi connectivity index (χ3v) is 2.85. The van der Waals surface area contributed by atoms with Crippen LogP contribution in [0.5, 0.6) is 0 Å². The molecule has 0 bridgehead atoms. The number of allylic oxidation sites excluding steroid dienone is 1. The van der Waals surface area contributed by atoms with Gasteiger partial charge in [-0.3, -0.25) is 9.59 Å². The van der Waals surface area contributed by atoms with Crippen molar-refractivity contribution >= 4 is 12.3 Å². The highest BCUT2D eigenvalue weighted by molar-refractivity contribution is 5.85. The molecule has 3 heteroatoms. The fourth-order valence-electron chi connectivity index (χ4n) is 1.75. The molecule has 0 aromatic carbocycles. The minimum atomic E-state index is -0.835. The lowest BCUT2D eigenvalue weighted by atomic mass is 9.94. The Balaban J connectivity index is 2.99. The van der Waals surface area contributed by atoms with E-state index in [0.29, 0.717) is 18.3 Å². The Labute approximate surface area is 77.4 Å². The summed E-state index contributed by atoms with van der Waals surface area (Å²) in [4.78, 5) is 21.4. The molecule has 0 aromatic heterocycles. The van der Waals surface area contributed by atoms with Crippen molar-refractivity contribution in [2.45, 2.75) is 27.2 Å². The first-order valence-electron chi connectivity index (χ1n) is 4.24. The maximum Gasteiger partial charge on any atom is 0.314 e. The number of aldehydes is 1. The number of rotatable bonds is 3. The Hall–Kier alpha value is -1.12. The fourth-order valence-corrected chi connectivity index (χ4v) is 1.75. The van der Waals surface area contributed by atoms with Crippen LogP contribution in [0, 0.1) is 10.8 Å². The van der Waals surface area contributed by atoms with Crippen molar-refractivity contribution < 1.29 is 14.7 Å². The Morgan fingerprint density at radius 2 is 1.92 bits per heavy atom. The van der Waals surface area contributed by atoms with Crippen molar-refractivity contribution in [2.75, 3.05) is 0 Å². The third-order valence-electron chi connectivity index (χ3n) is 2.85. The number of aliphatic carboxylic acids is 1. The quantitative estimate of drug-likeness (QED) is 0.533. The average molecular weight is 182 g/mol. The van der Waals surface area contributed by atoms with Crippen LogP contribution in [-0.4, -0.2) is 17.4 Å². The van der Waals surface area contributed by atoms with Crippen molar-refractivity contribution in [3.8, 4) is 0 Å². The summed E-state index contributed by atoms with van der Waals surface area (Å²) in [6, 6.07) is 0. The molecule has 0 amide bonds. The summed E-state index contributed by atoms with van der Waals surface area (Å²) in [7, 11) is 0. The third kappa shape index (κ3) is 1.39. The number of carbonyl (C=O) groups is 2. The van der Waals surface area contributed by atoms with E-state index in [1.807, 2.05) is 13.8 Å². The van der Waals surface area contributed by atoms with Gasteiger partial charge in [-0.2, -0.15) is 0 Å². The van der Waals surface area contributed by atoms with Crippen LogP contribution < -0.4 is 0 Å². The molecule has 1 N–H and O–H groups in total. The van der Waals surface area contributed by atoms with Gasteiger partial charge >= 0.3 is 5.97 Å². The maximum atomic E-state index is 11.0. The summed E-state index contributed by atoms with van der Waals surface area (Å²) < 4.78 is 0. The molecule has 0 aliphatic heterocycles. The topological polar surface area (TPSA) is 54.4 Å². The van der Waals surface area contributed by atoms with Gasteiger partial charge in [0.05, 0.1) is 5.41 Å². The number of hydrogen-bond acceptors (Lipinski definition) is 2. The zero-order valence-corrected chi connectivity index (χ0v) is 8.13. The first-order chi connectivity index (χ1) is 5.85. The van der Waals surface area contributed by atoms with E-state index in [1.165, 1.54) is 0 Å². The second kappa shape index (κ2) is 2.69. The second-order valence-electron chi connectivity index (χ2n) is 4.34. The van der Waals surface area contributed by atoms with Crippen LogP contribution in [0.3, 0.4) is 0 Å². The smallest absolute Gasteiger partial charge is 0.314 e. The molecule has 1 unspecified atom stereocenters. The number of carboxylic acids is 1. The van der Waals surface area contributed by atoms with Crippen LogP contribution in [0.1, 0.15) is 27.2 Å². The zero-order valence-electron chi connectivity index (χ0n) is 8.13. The van der Waals surface area contributed by atoms with Gasteiger partial charge in [-0.25, -0.2) is 0 Å². The minimum absolute atomic E-state index is 0.219. The molecule has 13 heavy (non-hydrogen) atoms. The lowest BCUT2D eigenvalue weighted by molar-refractivity contribution is -0.142. The van der Waals surface area contributed by atoms with E-state index in [2.05, 4.69) is 0 Å². The van der Waals surface area contributed by atoms with Gasteiger partial charge in [-0.15, -0.1) is 0 Å². The van der Waals surface area contributed by atoms with Gasteiger partial charge in [-0.1, -0.05) is 19.9 Å². The van der Waals surface area contributed by atoms with Crippen LogP contribution in [-0.2, 0) is 9.59 Å². The van der Waals surface area contributed by atoms with Gasteiger partial charge in [0.15, 0.2) is 0 Å². The number of hydrogen-bond donors (Lipinski definition) is 1. The molecule has 1 rings (SSSR count). The molecule has 0 saturated heterocycles. The van der Waals surface area contributed by atoms with E-state index >= 15 is 0 Å². The van der Waals surface area contributed by atoms with Crippen molar-refractivity contribution in [2.24, 2.45) is 10.8 Å². The Kier molecular flexibility index (Phi) is 2.06.